The molecule has 8 heteroatoms. The number of para-hydroxylation sites is 1. The maximum atomic E-state index is 12.3. The minimum absolute atomic E-state index is 0.129. The maximum Gasteiger partial charge on any atom is 0.345 e. The number of aromatic amines is 1. The molecular weight excluding hydrogens is 442 g/mol. The second-order valence-electron chi connectivity index (χ2n) is 8.97. The van der Waals surface area contributed by atoms with E-state index >= 15 is 0 Å². The number of esters is 1. The highest BCUT2D eigenvalue weighted by atomic mass is 16.5. The van der Waals surface area contributed by atoms with E-state index in [0.717, 1.165) is 18.5 Å². The highest BCUT2D eigenvalue weighted by Gasteiger charge is 2.22. The quantitative estimate of drug-likeness (QED) is 0.0983. The van der Waals surface area contributed by atoms with Gasteiger partial charge in [-0.2, -0.15) is 5.10 Å². The van der Waals surface area contributed by atoms with E-state index in [-0.39, 0.29) is 17.3 Å². The summed E-state index contributed by atoms with van der Waals surface area (Å²) in [5.41, 5.74) is 6.39. The number of nitrogens with zero attached hydrogens (tertiary/aromatic N) is 1. The molecule has 0 unspecified atom stereocenters. The Labute approximate surface area is 210 Å². The van der Waals surface area contributed by atoms with Gasteiger partial charge in [-0.25, -0.2) is 4.79 Å². The van der Waals surface area contributed by atoms with Crippen molar-refractivity contribution < 1.29 is 14.3 Å². The lowest BCUT2D eigenvalue weighted by Crippen LogP contribution is -2.30. The lowest BCUT2D eigenvalue weighted by Gasteiger charge is -2.09. The fourth-order valence-corrected chi connectivity index (χ4v) is 3.98. The largest absolute Gasteiger partial charge is 0.465 e. The van der Waals surface area contributed by atoms with E-state index in [1.54, 1.807) is 0 Å². The second-order valence-corrected chi connectivity index (χ2v) is 8.97. The van der Waals surface area contributed by atoms with Crippen molar-refractivity contribution in [3.8, 4) is 0 Å². The first-order valence-corrected chi connectivity index (χ1v) is 13.2. The average molecular weight is 486 g/mol. The number of amides is 1. The van der Waals surface area contributed by atoms with Crippen LogP contribution in [0.25, 0.3) is 0 Å². The molecule has 0 aliphatic heterocycles. The van der Waals surface area contributed by atoms with Crippen molar-refractivity contribution in [1.82, 2.24) is 15.6 Å². The summed E-state index contributed by atoms with van der Waals surface area (Å²) in [6, 6.07) is 9.38. The number of carbonyl (C=O) groups is 2. The smallest absolute Gasteiger partial charge is 0.345 e. The third kappa shape index (κ3) is 11.3. The molecule has 0 saturated heterocycles. The Morgan fingerprint density at radius 2 is 1.43 bits per heavy atom. The summed E-state index contributed by atoms with van der Waals surface area (Å²) in [6.07, 6.45) is 16.9. The van der Waals surface area contributed by atoms with E-state index in [1.165, 1.54) is 77.7 Å². The van der Waals surface area contributed by atoms with Crippen LogP contribution >= 0.6 is 0 Å². The van der Waals surface area contributed by atoms with Gasteiger partial charge in [-0.05, 0) is 18.6 Å². The van der Waals surface area contributed by atoms with Crippen LogP contribution in [0.1, 0.15) is 107 Å². The summed E-state index contributed by atoms with van der Waals surface area (Å²) in [7, 11) is 1.30. The van der Waals surface area contributed by atoms with Crippen molar-refractivity contribution in [3.05, 3.63) is 35.9 Å². The van der Waals surface area contributed by atoms with Gasteiger partial charge >= 0.3 is 5.97 Å². The third-order valence-electron chi connectivity index (χ3n) is 6.03. The maximum absolute atomic E-state index is 12.3. The molecular formula is C27H43N5O3. The molecule has 1 amide bonds. The van der Waals surface area contributed by atoms with E-state index in [9.17, 15) is 9.59 Å². The number of hydrazine groups is 1. The SMILES string of the molecule is CCCCCCCCCCCCCCCC(=O)NNc1[nH]nc(Nc2ccccc2)c1C(=O)OC. The van der Waals surface area contributed by atoms with Gasteiger partial charge in [0.1, 0.15) is 5.56 Å². The van der Waals surface area contributed by atoms with Crippen molar-refractivity contribution >= 4 is 29.2 Å². The van der Waals surface area contributed by atoms with E-state index in [2.05, 4.69) is 33.3 Å². The van der Waals surface area contributed by atoms with Crippen LogP contribution in [0.2, 0.25) is 0 Å². The van der Waals surface area contributed by atoms with Crippen molar-refractivity contribution in [2.24, 2.45) is 0 Å². The van der Waals surface area contributed by atoms with Crippen molar-refractivity contribution in [2.45, 2.75) is 96.8 Å². The lowest BCUT2D eigenvalue weighted by atomic mass is 10.0. The molecule has 0 spiro atoms. The first-order valence-electron chi connectivity index (χ1n) is 13.2. The van der Waals surface area contributed by atoms with Gasteiger partial charge in [0, 0.05) is 12.1 Å². The molecule has 0 aliphatic carbocycles. The minimum atomic E-state index is -0.564. The van der Waals surface area contributed by atoms with Gasteiger partial charge in [-0.15, -0.1) is 0 Å². The molecule has 1 aromatic heterocycles. The Morgan fingerprint density at radius 3 is 2.00 bits per heavy atom. The minimum Gasteiger partial charge on any atom is -0.465 e. The number of hydrogen-bond acceptors (Lipinski definition) is 6. The zero-order valence-electron chi connectivity index (χ0n) is 21.5. The molecule has 1 heterocycles. The number of H-pyrrole nitrogens is 1. The molecule has 4 N–H and O–H groups in total. The number of aromatic nitrogens is 2. The van der Waals surface area contributed by atoms with Crippen LogP contribution in [0, 0.1) is 0 Å². The number of rotatable bonds is 19. The molecule has 194 valence electrons. The van der Waals surface area contributed by atoms with Gasteiger partial charge < -0.3 is 10.1 Å². The molecule has 0 fully saturated rings. The number of benzene rings is 1. The van der Waals surface area contributed by atoms with Gasteiger partial charge in [-0.1, -0.05) is 102 Å². The normalized spacial score (nSPS) is 10.7. The van der Waals surface area contributed by atoms with Crippen molar-refractivity contribution in [2.75, 3.05) is 17.9 Å². The van der Waals surface area contributed by atoms with Crippen LogP contribution in [0.4, 0.5) is 17.3 Å². The Kier molecular flexibility index (Phi) is 14.0. The first kappa shape index (κ1) is 28.2. The first-order chi connectivity index (χ1) is 17.2. The Balaban J connectivity index is 1.60. The zero-order valence-corrected chi connectivity index (χ0v) is 21.5. The van der Waals surface area contributed by atoms with Gasteiger partial charge in [0.15, 0.2) is 11.6 Å². The third-order valence-corrected chi connectivity index (χ3v) is 6.03. The highest BCUT2D eigenvalue weighted by Crippen LogP contribution is 2.25. The molecule has 0 aliphatic rings. The van der Waals surface area contributed by atoms with Crippen molar-refractivity contribution in [1.29, 1.82) is 0 Å². The molecule has 8 nitrogen and oxygen atoms in total. The van der Waals surface area contributed by atoms with E-state index < -0.39 is 5.97 Å². The Bertz CT molecular complexity index is 854. The monoisotopic (exact) mass is 485 g/mol. The van der Waals surface area contributed by atoms with Crippen molar-refractivity contribution in [3.63, 3.8) is 0 Å². The van der Waals surface area contributed by atoms with E-state index in [1.807, 2.05) is 30.3 Å². The molecule has 35 heavy (non-hydrogen) atoms. The number of carbonyl (C=O) groups excluding carboxylic acids is 2. The molecule has 2 aromatic rings. The number of ether oxygens (including phenoxy) is 1. The molecule has 0 bridgehead atoms. The average Bonchev–Trinajstić information content (AvgIpc) is 3.27. The van der Waals surface area contributed by atoms with Crippen LogP contribution in [0.15, 0.2) is 30.3 Å². The summed E-state index contributed by atoms with van der Waals surface area (Å²) in [5.74, 6) is -0.105. The predicted molar refractivity (Wildman–Crippen MR) is 142 cm³/mol. The van der Waals surface area contributed by atoms with E-state index in [0.29, 0.717) is 12.2 Å². The number of nitrogens with one attached hydrogen (secondary N) is 4. The Morgan fingerprint density at radius 1 is 0.857 bits per heavy atom. The fraction of sp³-hybridized carbons (Fsp3) is 0.593. The van der Waals surface area contributed by atoms with E-state index in [4.69, 9.17) is 4.74 Å². The van der Waals surface area contributed by atoms with Crippen LogP contribution in [0.3, 0.4) is 0 Å². The van der Waals surface area contributed by atoms with Crippen LogP contribution in [-0.4, -0.2) is 29.2 Å². The topological polar surface area (TPSA) is 108 Å². The molecule has 0 radical (unpaired) electrons. The van der Waals surface area contributed by atoms with Gasteiger partial charge in [0.25, 0.3) is 0 Å². The van der Waals surface area contributed by atoms with Crippen LogP contribution < -0.4 is 16.2 Å². The highest BCUT2D eigenvalue weighted by molar-refractivity contribution is 6.00. The summed E-state index contributed by atoms with van der Waals surface area (Å²) in [6.45, 7) is 2.26. The summed E-state index contributed by atoms with van der Waals surface area (Å²) in [4.78, 5) is 24.5. The van der Waals surface area contributed by atoms with Crippen LogP contribution in [0.5, 0.6) is 0 Å². The number of anilines is 3. The summed E-state index contributed by atoms with van der Waals surface area (Å²) >= 11 is 0. The standard InChI is InChI=1S/C27H43N5O3/c1-3-4-5-6-7-8-9-10-11-12-13-14-18-21-23(33)29-31-26-24(27(34)35-2)25(30-32-26)28-22-19-16-15-17-20-22/h15-17,19-20H,3-14,18,21H2,1-2H3,(H,29,33)(H3,28,30,31,32). The Hall–Kier alpha value is -3.03. The summed E-state index contributed by atoms with van der Waals surface area (Å²) in [5, 5.41) is 9.97. The summed E-state index contributed by atoms with van der Waals surface area (Å²) < 4.78 is 4.88. The van der Waals surface area contributed by atoms with Crippen LogP contribution in [-0.2, 0) is 9.53 Å². The molecule has 1 aromatic carbocycles. The predicted octanol–water partition coefficient (Wildman–Crippen LogP) is 6.86. The number of hydrogen-bond donors (Lipinski definition) is 4. The lowest BCUT2D eigenvalue weighted by molar-refractivity contribution is -0.120. The molecule has 0 atom stereocenters. The van der Waals surface area contributed by atoms with Gasteiger partial charge in [0.05, 0.1) is 7.11 Å². The number of methoxy groups -OCH3 is 1. The van der Waals surface area contributed by atoms with Gasteiger partial charge in [0.2, 0.25) is 5.91 Å². The molecule has 2 rings (SSSR count). The zero-order chi connectivity index (χ0) is 25.1. The van der Waals surface area contributed by atoms with Gasteiger partial charge in [-0.3, -0.25) is 20.7 Å². The second kappa shape index (κ2) is 17.4. The molecule has 0 saturated carbocycles. The fourth-order valence-electron chi connectivity index (χ4n) is 3.98. The number of unbranched alkanes of at least 4 members (excludes halogenated alkanes) is 12.